The molecule has 0 atom stereocenters. The van der Waals surface area contributed by atoms with Crippen molar-refractivity contribution in [1.82, 2.24) is 10.2 Å². The minimum absolute atomic E-state index is 0.0320. The molecule has 1 saturated carbocycles. The zero-order chi connectivity index (χ0) is 18.6. The number of nitrogens with zero attached hydrogens (tertiary/aromatic N) is 1. The summed E-state index contributed by atoms with van der Waals surface area (Å²) in [5.41, 5.74) is 1.43. The van der Waals surface area contributed by atoms with Crippen molar-refractivity contribution in [1.29, 1.82) is 0 Å². The Labute approximate surface area is 158 Å². The summed E-state index contributed by atoms with van der Waals surface area (Å²) < 4.78 is 0. The Morgan fingerprint density at radius 3 is 2.31 bits per heavy atom. The summed E-state index contributed by atoms with van der Waals surface area (Å²) in [6.07, 6.45) is 9.11. The number of aliphatic hydroxyl groups is 1. The van der Waals surface area contributed by atoms with Gasteiger partial charge in [-0.1, -0.05) is 25.0 Å². The highest BCUT2D eigenvalue weighted by atomic mass is 16.3. The molecule has 144 valence electrons. The Morgan fingerprint density at radius 1 is 1.12 bits per heavy atom. The van der Waals surface area contributed by atoms with E-state index in [1.165, 1.54) is 51.6 Å². The number of amides is 1. The molecule has 1 aromatic rings. The Morgan fingerprint density at radius 2 is 1.73 bits per heavy atom. The highest BCUT2D eigenvalue weighted by molar-refractivity contribution is 5.94. The maximum atomic E-state index is 12.6. The van der Waals surface area contributed by atoms with Gasteiger partial charge in [0.05, 0.1) is 5.60 Å². The van der Waals surface area contributed by atoms with Crippen LogP contribution in [0.3, 0.4) is 0 Å². The van der Waals surface area contributed by atoms with Gasteiger partial charge in [-0.25, -0.2) is 0 Å². The van der Waals surface area contributed by atoms with Crippen molar-refractivity contribution in [3.05, 3.63) is 35.4 Å². The second kappa shape index (κ2) is 8.10. The van der Waals surface area contributed by atoms with Gasteiger partial charge in [-0.05, 0) is 83.2 Å². The molecule has 2 N–H and O–H groups in total. The van der Waals surface area contributed by atoms with E-state index in [0.29, 0.717) is 0 Å². The molecule has 0 unspecified atom stereocenters. The molecular formula is C22H34N2O2. The van der Waals surface area contributed by atoms with E-state index in [1.807, 2.05) is 38.1 Å². The number of hydrogen-bond acceptors (Lipinski definition) is 3. The molecule has 1 aliphatic carbocycles. The van der Waals surface area contributed by atoms with E-state index in [2.05, 4.69) is 10.2 Å². The van der Waals surface area contributed by atoms with Crippen molar-refractivity contribution in [3.63, 3.8) is 0 Å². The first-order chi connectivity index (χ1) is 12.4. The highest BCUT2D eigenvalue weighted by Crippen LogP contribution is 2.37. The largest absolute Gasteiger partial charge is 0.390 e. The maximum Gasteiger partial charge on any atom is 0.251 e. The first-order valence-corrected chi connectivity index (χ1v) is 10.2. The molecule has 0 bridgehead atoms. The van der Waals surface area contributed by atoms with Gasteiger partial charge in [0, 0.05) is 17.6 Å². The summed E-state index contributed by atoms with van der Waals surface area (Å²) in [7, 11) is 0. The topological polar surface area (TPSA) is 52.6 Å². The second-order valence-electron chi connectivity index (χ2n) is 8.82. The van der Waals surface area contributed by atoms with E-state index in [4.69, 9.17) is 0 Å². The molecular weight excluding hydrogens is 324 g/mol. The summed E-state index contributed by atoms with van der Waals surface area (Å²) >= 11 is 0. The van der Waals surface area contributed by atoms with Crippen molar-refractivity contribution >= 4 is 5.91 Å². The summed E-state index contributed by atoms with van der Waals surface area (Å²) in [5, 5.41) is 13.1. The van der Waals surface area contributed by atoms with Crippen LogP contribution in [0.1, 0.15) is 74.7 Å². The molecule has 4 heteroatoms. The molecule has 1 saturated heterocycles. The van der Waals surface area contributed by atoms with E-state index < -0.39 is 5.60 Å². The fraction of sp³-hybridized carbons (Fsp3) is 0.682. The predicted octanol–water partition coefficient (Wildman–Crippen LogP) is 3.53. The fourth-order valence-electron chi connectivity index (χ4n) is 4.45. The molecule has 3 rings (SSSR count). The molecule has 1 aromatic carbocycles. The van der Waals surface area contributed by atoms with Crippen molar-refractivity contribution < 1.29 is 9.90 Å². The highest BCUT2D eigenvalue weighted by Gasteiger charge is 2.40. The number of hydrogen-bond donors (Lipinski definition) is 2. The number of aryl methyl sites for hydroxylation is 1. The van der Waals surface area contributed by atoms with E-state index in [1.54, 1.807) is 0 Å². The van der Waals surface area contributed by atoms with Crippen LogP contribution in [0.4, 0.5) is 0 Å². The first kappa shape index (κ1) is 19.4. The third kappa shape index (κ3) is 4.86. The fourth-order valence-corrected chi connectivity index (χ4v) is 4.45. The first-order valence-electron chi connectivity index (χ1n) is 10.2. The van der Waals surface area contributed by atoms with Gasteiger partial charge in [0.15, 0.2) is 0 Å². The van der Waals surface area contributed by atoms with Crippen LogP contribution in [0.15, 0.2) is 24.3 Å². The molecule has 2 aliphatic rings. The molecule has 0 radical (unpaired) electrons. The lowest BCUT2D eigenvalue weighted by Gasteiger charge is -2.39. The van der Waals surface area contributed by atoms with Crippen molar-refractivity contribution in [2.24, 2.45) is 0 Å². The normalized spacial score (nSPS) is 20.4. The third-order valence-corrected chi connectivity index (χ3v) is 6.13. The van der Waals surface area contributed by atoms with Crippen LogP contribution in [-0.4, -0.2) is 46.7 Å². The summed E-state index contributed by atoms with van der Waals surface area (Å²) in [6.45, 7) is 6.80. The Balaban J connectivity index is 1.55. The second-order valence-corrected chi connectivity index (χ2v) is 8.82. The average molecular weight is 359 g/mol. The van der Waals surface area contributed by atoms with Gasteiger partial charge >= 0.3 is 0 Å². The van der Waals surface area contributed by atoms with Crippen LogP contribution in [0.2, 0.25) is 0 Å². The lowest BCUT2D eigenvalue weighted by atomic mass is 9.95. The van der Waals surface area contributed by atoms with E-state index in [-0.39, 0.29) is 11.4 Å². The minimum atomic E-state index is -0.652. The Bertz CT molecular complexity index is 592. The summed E-state index contributed by atoms with van der Waals surface area (Å²) in [5.74, 6) is 0.0320. The smallest absolute Gasteiger partial charge is 0.251 e. The molecule has 1 amide bonds. The molecule has 1 heterocycles. The van der Waals surface area contributed by atoms with Gasteiger partial charge in [-0.15, -0.1) is 0 Å². The summed E-state index contributed by atoms with van der Waals surface area (Å²) in [6, 6.07) is 7.83. The number of nitrogens with one attached hydrogen (secondary N) is 1. The van der Waals surface area contributed by atoms with Gasteiger partial charge in [0.1, 0.15) is 0 Å². The lowest BCUT2D eigenvalue weighted by molar-refractivity contribution is 0.0713. The van der Waals surface area contributed by atoms with Crippen LogP contribution in [0, 0.1) is 0 Å². The van der Waals surface area contributed by atoms with Crippen LogP contribution >= 0.6 is 0 Å². The van der Waals surface area contributed by atoms with E-state index in [0.717, 1.165) is 30.5 Å². The van der Waals surface area contributed by atoms with Gasteiger partial charge < -0.3 is 10.4 Å². The number of carbonyl (C=O) groups excluding carboxylic acids is 1. The van der Waals surface area contributed by atoms with Crippen molar-refractivity contribution in [3.8, 4) is 0 Å². The minimum Gasteiger partial charge on any atom is -0.390 e. The number of carbonyl (C=O) groups is 1. The van der Waals surface area contributed by atoms with E-state index >= 15 is 0 Å². The van der Waals surface area contributed by atoms with Gasteiger partial charge in [-0.2, -0.15) is 0 Å². The van der Waals surface area contributed by atoms with Crippen LogP contribution in [0.25, 0.3) is 0 Å². The van der Waals surface area contributed by atoms with Gasteiger partial charge in [0.25, 0.3) is 5.91 Å². The molecule has 0 aromatic heterocycles. The standard InChI is InChI=1S/C22H34N2O2/c1-21(2,26)14-11-18-7-9-19(10-8-18)20(25)23-17-22(12-3-4-13-22)24-15-5-6-16-24/h7-10,26H,3-6,11-17H2,1-2H3,(H,23,25). The maximum absolute atomic E-state index is 12.6. The number of likely N-dealkylation sites (tertiary alicyclic amines) is 1. The summed E-state index contributed by atoms with van der Waals surface area (Å²) in [4.78, 5) is 15.2. The zero-order valence-corrected chi connectivity index (χ0v) is 16.4. The Hall–Kier alpha value is -1.39. The lowest BCUT2D eigenvalue weighted by Crippen LogP contribution is -2.53. The predicted molar refractivity (Wildman–Crippen MR) is 105 cm³/mol. The van der Waals surface area contributed by atoms with E-state index in [9.17, 15) is 9.90 Å². The van der Waals surface area contributed by atoms with Crippen LogP contribution < -0.4 is 5.32 Å². The van der Waals surface area contributed by atoms with Crippen LogP contribution in [0.5, 0.6) is 0 Å². The van der Waals surface area contributed by atoms with Gasteiger partial charge in [0.2, 0.25) is 0 Å². The molecule has 4 nitrogen and oxygen atoms in total. The average Bonchev–Trinajstić information content (AvgIpc) is 3.30. The molecule has 0 spiro atoms. The SMILES string of the molecule is CC(C)(O)CCc1ccc(C(=O)NCC2(N3CCCC3)CCCC2)cc1. The zero-order valence-electron chi connectivity index (χ0n) is 16.4. The molecule has 26 heavy (non-hydrogen) atoms. The third-order valence-electron chi connectivity index (χ3n) is 6.13. The molecule has 2 fully saturated rings. The molecule has 1 aliphatic heterocycles. The van der Waals surface area contributed by atoms with Gasteiger partial charge in [-0.3, -0.25) is 9.69 Å². The van der Waals surface area contributed by atoms with Crippen LogP contribution in [-0.2, 0) is 6.42 Å². The van der Waals surface area contributed by atoms with Crippen molar-refractivity contribution in [2.45, 2.75) is 76.4 Å². The number of rotatable bonds is 7. The Kier molecular flexibility index (Phi) is 6.03. The quantitative estimate of drug-likeness (QED) is 0.784. The van der Waals surface area contributed by atoms with Crippen molar-refractivity contribution in [2.75, 3.05) is 19.6 Å². The monoisotopic (exact) mass is 358 g/mol. The number of benzene rings is 1.